The smallest absolute Gasteiger partial charge is 0.270 e. The van der Waals surface area contributed by atoms with Crippen molar-refractivity contribution in [3.63, 3.8) is 0 Å². The van der Waals surface area contributed by atoms with E-state index in [1.54, 1.807) is 31.3 Å². The summed E-state index contributed by atoms with van der Waals surface area (Å²) in [5.41, 5.74) is -0.143. The molecule has 1 amide bonds. The minimum absolute atomic E-state index is 0.0107. The lowest BCUT2D eigenvalue weighted by Gasteiger charge is -2.26. The lowest BCUT2D eigenvalue weighted by atomic mass is 9.87. The van der Waals surface area contributed by atoms with Crippen LogP contribution < -0.4 is 10.9 Å². The van der Waals surface area contributed by atoms with E-state index in [2.05, 4.69) is 10.3 Å². The first kappa shape index (κ1) is 16.2. The summed E-state index contributed by atoms with van der Waals surface area (Å²) >= 11 is 0. The minimum Gasteiger partial charge on any atom is -0.393 e. The number of aromatic nitrogens is 2. The molecule has 0 saturated heterocycles. The monoisotopic (exact) mass is 303 g/mol. The fraction of sp³-hybridized carbons (Fsp3) is 0.438. The Morgan fingerprint density at radius 1 is 1.45 bits per heavy atom. The summed E-state index contributed by atoms with van der Waals surface area (Å²) in [6, 6.07) is 5.19. The predicted octanol–water partition coefficient (Wildman–Crippen LogP) is 1.22. The van der Waals surface area contributed by atoms with Crippen molar-refractivity contribution in [2.75, 3.05) is 6.54 Å². The molecule has 0 saturated carbocycles. The molecule has 0 aliphatic rings. The highest BCUT2D eigenvalue weighted by molar-refractivity contribution is 5.93. The van der Waals surface area contributed by atoms with Crippen molar-refractivity contribution in [1.82, 2.24) is 14.7 Å². The molecule has 0 bridgehead atoms. The summed E-state index contributed by atoms with van der Waals surface area (Å²) in [4.78, 5) is 28.6. The van der Waals surface area contributed by atoms with Gasteiger partial charge in [-0.15, -0.1) is 0 Å². The van der Waals surface area contributed by atoms with Crippen LogP contribution in [0.5, 0.6) is 0 Å². The molecule has 0 fully saturated rings. The zero-order valence-corrected chi connectivity index (χ0v) is 13.0. The number of hydrogen-bond acceptors (Lipinski definition) is 4. The molecule has 118 valence electrons. The van der Waals surface area contributed by atoms with Crippen LogP contribution in [-0.4, -0.2) is 33.0 Å². The van der Waals surface area contributed by atoms with Gasteiger partial charge in [-0.05, 0) is 30.9 Å². The summed E-state index contributed by atoms with van der Waals surface area (Å²) in [7, 11) is 0. The highest BCUT2D eigenvalue weighted by Crippen LogP contribution is 2.21. The molecule has 22 heavy (non-hydrogen) atoms. The molecule has 2 N–H and O–H groups in total. The van der Waals surface area contributed by atoms with Gasteiger partial charge in [0.05, 0.1) is 6.10 Å². The van der Waals surface area contributed by atoms with Gasteiger partial charge in [-0.1, -0.05) is 19.9 Å². The first-order valence-corrected chi connectivity index (χ1v) is 7.23. The molecule has 1 unspecified atom stereocenters. The number of fused-ring (bicyclic) bond motifs is 1. The molecule has 2 rings (SSSR count). The molecule has 0 aromatic carbocycles. The van der Waals surface area contributed by atoms with Crippen molar-refractivity contribution in [3.05, 3.63) is 46.5 Å². The van der Waals surface area contributed by atoms with E-state index in [0.29, 0.717) is 18.6 Å². The summed E-state index contributed by atoms with van der Waals surface area (Å²) in [6.45, 7) is 5.98. The second-order valence-corrected chi connectivity index (χ2v) is 6.31. The van der Waals surface area contributed by atoms with Crippen LogP contribution in [0.15, 0.2) is 35.4 Å². The number of carbonyl (C=O) groups excluding carboxylic acids is 1. The van der Waals surface area contributed by atoms with Crippen LogP contribution >= 0.6 is 0 Å². The van der Waals surface area contributed by atoms with Crippen molar-refractivity contribution in [1.29, 1.82) is 0 Å². The van der Waals surface area contributed by atoms with Gasteiger partial charge >= 0.3 is 0 Å². The molecular formula is C16H21N3O3. The van der Waals surface area contributed by atoms with Crippen LogP contribution in [0.1, 0.15) is 37.6 Å². The number of aliphatic hydroxyl groups is 1. The normalized spacial score (nSPS) is 13.1. The Balaban J connectivity index is 2.17. The maximum absolute atomic E-state index is 12.3. The largest absolute Gasteiger partial charge is 0.393 e. The Morgan fingerprint density at radius 3 is 2.86 bits per heavy atom. The summed E-state index contributed by atoms with van der Waals surface area (Å²) in [5, 5.41) is 12.2. The van der Waals surface area contributed by atoms with Gasteiger partial charge in [0.25, 0.3) is 11.5 Å². The van der Waals surface area contributed by atoms with Gasteiger partial charge in [0, 0.05) is 18.9 Å². The molecule has 6 nitrogen and oxygen atoms in total. The average Bonchev–Trinajstić information content (AvgIpc) is 2.44. The molecule has 2 aromatic heterocycles. The molecule has 2 heterocycles. The summed E-state index contributed by atoms with van der Waals surface area (Å²) in [6.07, 6.45) is 3.00. The van der Waals surface area contributed by atoms with Gasteiger partial charge in [-0.25, -0.2) is 4.98 Å². The van der Waals surface area contributed by atoms with Crippen LogP contribution in [0.2, 0.25) is 0 Å². The number of aliphatic hydroxyl groups excluding tert-OH is 1. The van der Waals surface area contributed by atoms with Crippen LogP contribution in [0.25, 0.3) is 5.65 Å². The van der Waals surface area contributed by atoms with Crippen molar-refractivity contribution in [3.8, 4) is 0 Å². The molecule has 2 aromatic rings. The van der Waals surface area contributed by atoms with Gasteiger partial charge in [0.15, 0.2) is 0 Å². The highest BCUT2D eigenvalue weighted by Gasteiger charge is 2.22. The van der Waals surface area contributed by atoms with E-state index < -0.39 is 17.6 Å². The fourth-order valence-electron chi connectivity index (χ4n) is 2.47. The maximum atomic E-state index is 12.3. The SMILES string of the molecule is CC(O)CC(C)(C)CNC(=O)c1cnc2ccccn2c1=O. The number of amides is 1. The number of rotatable bonds is 5. The van der Waals surface area contributed by atoms with E-state index >= 15 is 0 Å². The van der Waals surface area contributed by atoms with Gasteiger partial charge < -0.3 is 10.4 Å². The molecule has 0 aliphatic heterocycles. The third-order valence-electron chi connectivity index (χ3n) is 3.43. The topological polar surface area (TPSA) is 83.7 Å². The maximum Gasteiger partial charge on any atom is 0.270 e. The van der Waals surface area contributed by atoms with E-state index in [1.165, 1.54) is 10.6 Å². The quantitative estimate of drug-likeness (QED) is 0.870. The van der Waals surface area contributed by atoms with Gasteiger partial charge in [-0.3, -0.25) is 14.0 Å². The van der Waals surface area contributed by atoms with E-state index in [9.17, 15) is 14.7 Å². The summed E-state index contributed by atoms with van der Waals surface area (Å²) < 4.78 is 1.34. The number of hydrogen-bond donors (Lipinski definition) is 2. The lowest BCUT2D eigenvalue weighted by molar-refractivity contribution is 0.0900. The van der Waals surface area contributed by atoms with Crippen LogP contribution in [0.4, 0.5) is 0 Å². The van der Waals surface area contributed by atoms with Crippen LogP contribution in [-0.2, 0) is 0 Å². The van der Waals surface area contributed by atoms with Gasteiger partial charge in [0.1, 0.15) is 11.2 Å². The zero-order valence-electron chi connectivity index (χ0n) is 13.0. The highest BCUT2D eigenvalue weighted by atomic mass is 16.3. The van der Waals surface area contributed by atoms with Crippen molar-refractivity contribution >= 4 is 11.6 Å². The zero-order chi connectivity index (χ0) is 16.3. The van der Waals surface area contributed by atoms with E-state index in [4.69, 9.17) is 0 Å². The Kier molecular flexibility index (Phi) is 4.61. The molecule has 0 radical (unpaired) electrons. The number of nitrogens with one attached hydrogen (secondary N) is 1. The Morgan fingerprint density at radius 2 is 2.18 bits per heavy atom. The Bertz CT molecular complexity index is 735. The minimum atomic E-state index is -0.450. The van der Waals surface area contributed by atoms with E-state index in [0.717, 1.165) is 0 Å². The number of carbonyl (C=O) groups is 1. The second kappa shape index (κ2) is 6.27. The number of pyridine rings is 1. The third kappa shape index (κ3) is 3.71. The van der Waals surface area contributed by atoms with Crippen LogP contribution in [0.3, 0.4) is 0 Å². The van der Waals surface area contributed by atoms with E-state index in [-0.39, 0.29) is 11.0 Å². The first-order valence-electron chi connectivity index (χ1n) is 7.23. The van der Waals surface area contributed by atoms with Crippen molar-refractivity contribution in [2.45, 2.75) is 33.3 Å². The first-order chi connectivity index (χ1) is 10.3. The second-order valence-electron chi connectivity index (χ2n) is 6.31. The third-order valence-corrected chi connectivity index (χ3v) is 3.43. The lowest BCUT2D eigenvalue weighted by Crippen LogP contribution is -2.38. The number of nitrogens with zero attached hydrogens (tertiary/aromatic N) is 2. The van der Waals surface area contributed by atoms with Crippen LogP contribution in [0, 0.1) is 5.41 Å². The van der Waals surface area contributed by atoms with Crippen molar-refractivity contribution < 1.29 is 9.90 Å². The molecular weight excluding hydrogens is 282 g/mol. The van der Waals surface area contributed by atoms with E-state index in [1.807, 2.05) is 13.8 Å². The Hall–Kier alpha value is -2.21. The Labute approximate surface area is 128 Å². The van der Waals surface area contributed by atoms with Gasteiger partial charge in [0.2, 0.25) is 0 Å². The molecule has 1 atom stereocenters. The van der Waals surface area contributed by atoms with Gasteiger partial charge in [-0.2, -0.15) is 0 Å². The molecule has 0 spiro atoms. The molecule has 0 aliphatic carbocycles. The standard InChI is InChI=1S/C16H21N3O3/c1-11(20)8-16(2,3)10-18-14(21)12-9-17-13-6-4-5-7-19(13)15(12)22/h4-7,9,11,20H,8,10H2,1-3H3,(H,18,21). The average molecular weight is 303 g/mol. The summed E-state index contributed by atoms with van der Waals surface area (Å²) in [5.74, 6) is -0.450. The molecule has 6 heteroatoms. The predicted molar refractivity (Wildman–Crippen MR) is 83.9 cm³/mol. The van der Waals surface area contributed by atoms with Crippen molar-refractivity contribution in [2.24, 2.45) is 5.41 Å². The fourth-order valence-corrected chi connectivity index (χ4v) is 2.47.